The Morgan fingerprint density at radius 1 is 1.14 bits per heavy atom. The van der Waals surface area contributed by atoms with Crippen LogP contribution in [0, 0.1) is 5.82 Å². The van der Waals surface area contributed by atoms with Crippen molar-refractivity contribution in [3.63, 3.8) is 0 Å². The number of aromatic nitrogens is 2. The molecule has 0 amide bonds. The molecule has 3 N–H and O–H groups in total. The number of benzene rings is 2. The summed E-state index contributed by atoms with van der Waals surface area (Å²) in [6, 6.07) is 11.6. The highest BCUT2D eigenvalue weighted by Gasteiger charge is 2.32. The van der Waals surface area contributed by atoms with Gasteiger partial charge in [-0.1, -0.05) is 19.1 Å². The number of nitrogens with two attached hydrogens (primary N) is 1. The molecule has 0 saturated heterocycles. The first-order valence-electron chi connectivity index (χ1n) is 11.7. The minimum Gasteiger partial charge on any atom is -0.406 e. The third kappa shape index (κ3) is 5.81. The third-order valence-corrected chi connectivity index (χ3v) is 5.82. The second-order valence-electron chi connectivity index (χ2n) is 9.23. The minimum atomic E-state index is -4.79. The molecule has 10 heteroatoms. The van der Waals surface area contributed by atoms with Crippen molar-refractivity contribution in [2.75, 3.05) is 11.9 Å². The SMILES string of the molecule is CC/C=C(/N1CCn2c(nc(-c3ccc(F)cc3)c2Nc2cccc(OC(F)(F)F)c2)C1)C(C)(C)N. The molecule has 0 saturated carbocycles. The Bertz CT molecular complexity index is 1240. The molecule has 0 unspecified atom stereocenters. The molecule has 0 fully saturated rings. The van der Waals surface area contributed by atoms with Crippen molar-refractivity contribution in [1.82, 2.24) is 14.5 Å². The highest BCUT2D eigenvalue weighted by atomic mass is 19.4. The third-order valence-electron chi connectivity index (χ3n) is 5.82. The van der Waals surface area contributed by atoms with E-state index >= 15 is 0 Å². The highest BCUT2D eigenvalue weighted by molar-refractivity contribution is 5.77. The molecule has 1 aromatic heterocycles. The molecular formula is C26H29F4N5O. The smallest absolute Gasteiger partial charge is 0.406 e. The zero-order valence-corrected chi connectivity index (χ0v) is 20.4. The van der Waals surface area contributed by atoms with Gasteiger partial charge in [0.15, 0.2) is 0 Å². The summed E-state index contributed by atoms with van der Waals surface area (Å²) < 4.78 is 57.9. The molecule has 0 spiro atoms. The Hall–Kier alpha value is -3.53. The second kappa shape index (κ2) is 9.85. The number of alkyl halides is 3. The van der Waals surface area contributed by atoms with Crippen LogP contribution in [0.15, 0.2) is 60.3 Å². The summed E-state index contributed by atoms with van der Waals surface area (Å²) in [4.78, 5) is 7.06. The van der Waals surface area contributed by atoms with Crippen LogP contribution in [0.4, 0.5) is 29.1 Å². The van der Waals surface area contributed by atoms with E-state index in [1.165, 1.54) is 30.3 Å². The van der Waals surface area contributed by atoms with Crippen LogP contribution in [0.1, 0.15) is 33.0 Å². The van der Waals surface area contributed by atoms with E-state index in [0.717, 1.165) is 17.9 Å². The van der Waals surface area contributed by atoms with Crippen LogP contribution in [0.2, 0.25) is 0 Å². The van der Waals surface area contributed by atoms with Gasteiger partial charge in [0.25, 0.3) is 0 Å². The lowest BCUT2D eigenvalue weighted by atomic mass is 9.99. The fourth-order valence-electron chi connectivity index (χ4n) is 4.37. The Morgan fingerprint density at radius 3 is 2.50 bits per heavy atom. The summed E-state index contributed by atoms with van der Waals surface area (Å²) in [5, 5.41) is 3.22. The number of hydrogen-bond donors (Lipinski definition) is 2. The number of fused-ring (bicyclic) bond motifs is 1. The van der Waals surface area contributed by atoms with E-state index in [9.17, 15) is 17.6 Å². The first-order valence-corrected chi connectivity index (χ1v) is 11.7. The van der Waals surface area contributed by atoms with E-state index in [1.807, 2.05) is 18.4 Å². The van der Waals surface area contributed by atoms with Crippen molar-refractivity contribution < 1.29 is 22.3 Å². The summed E-state index contributed by atoms with van der Waals surface area (Å²) in [6.45, 7) is 7.72. The molecule has 0 atom stereocenters. The van der Waals surface area contributed by atoms with Gasteiger partial charge in [-0.25, -0.2) is 9.37 Å². The predicted octanol–water partition coefficient (Wildman–Crippen LogP) is 6.18. The number of halogens is 4. The number of imidazole rings is 1. The molecule has 192 valence electrons. The molecule has 1 aliphatic rings. The summed E-state index contributed by atoms with van der Waals surface area (Å²) in [7, 11) is 0. The van der Waals surface area contributed by atoms with Gasteiger partial charge in [-0.2, -0.15) is 0 Å². The molecule has 2 aromatic carbocycles. The van der Waals surface area contributed by atoms with Gasteiger partial charge in [-0.05, 0) is 56.7 Å². The Labute approximate surface area is 207 Å². The minimum absolute atomic E-state index is 0.333. The van der Waals surface area contributed by atoms with E-state index in [-0.39, 0.29) is 11.6 Å². The van der Waals surface area contributed by atoms with Crippen molar-refractivity contribution in [3.8, 4) is 17.0 Å². The molecule has 1 aliphatic heterocycles. The standard InChI is InChI=1S/C26H29F4N5O/c1-4-6-21(25(2,3)31)34-13-14-35-22(16-34)33-23(17-9-11-18(27)12-10-17)24(35)32-19-7-5-8-20(15-19)36-26(28,29)30/h5-12,15,32H,4,13-14,16,31H2,1-3H3/b21-6+. The number of ether oxygens (including phenoxy) is 1. The summed E-state index contributed by atoms with van der Waals surface area (Å²) in [5.41, 5.74) is 8.58. The van der Waals surface area contributed by atoms with E-state index in [0.29, 0.717) is 42.4 Å². The van der Waals surface area contributed by atoms with Crippen LogP contribution in [0.25, 0.3) is 11.3 Å². The number of anilines is 2. The molecule has 0 radical (unpaired) electrons. The highest BCUT2D eigenvalue weighted by Crippen LogP contribution is 2.36. The van der Waals surface area contributed by atoms with Crippen LogP contribution in [0.5, 0.6) is 5.75 Å². The largest absolute Gasteiger partial charge is 0.573 e. The van der Waals surface area contributed by atoms with Crippen LogP contribution in [0.3, 0.4) is 0 Å². The maximum Gasteiger partial charge on any atom is 0.573 e. The first-order chi connectivity index (χ1) is 16.9. The maximum atomic E-state index is 13.6. The zero-order chi connectivity index (χ0) is 26.1. The number of hydrogen-bond acceptors (Lipinski definition) is 5. The Morgan fingerprint density at radius 2 is 1.86 bits per heavy atom. The Balaban J connectivity index is 1.73. The monoisotopic (exact) mass is 503 g/mol. The zero-order valence-electron chi connectivity index (χ0n) is 20.4. The van der Waals surface area contributed by atoms with E-state index in [1.54, 1.807) is 18.2 Å². The fraction of sp³-hybridized carbons (Fsp3) is 0.346. The molecule has 0 aliphatic carbocycles. The van der Waals surface area contributed by atoms with Crippen molar-refractivity contribution in [2.45, 2.75) is 52.2 Å². The van der Waals surface area contributed by atoms with Gasteiger partial charge in [0, 0.05) is 41.6 Å². The molecule has 4 rings (SSSR count). The molecule has 6 nitrogen and oxygen atoms in total. The lowest BCUT2D eigenvalue weighted by molar-refractivity contribution is -0.274. The lowest BCUT2D eigenvalue weighted by Crippen LogP contribution is -2.45. The average molecular weight is 504 g/mol. The summed E-state index contributed by atoms with van der Waals surface area (Å²) in [5.74, 6) is 0.658. The van der Waals surface area contributed by atoms with Crippen LogP contribution < -0.4 is 15.8 Å². The van der Waals surface area contributed by atoms with Gasteiger partial charge in [0.2, 0.25) is 0 Å². The van der Waals surface area contributed by atoms with Gasteiger partial charge in [-0.15, -0.1) is 13.2 Å². The number of rotatable bonds is 7. The number of nitrogens with zero attached hydrogens (tertiary/aromatic N) is 3. The van der Waals surface area contributed by atoms with E-state index < -0.39 is 11.9 Å². The molecule has 3 aromatic rings. The topological polar surface area (TPSA) is 68.3 Å². The molecule has 2 heterocycles. The first kappa shape index (κ1) is 25.6. The van der Waals surface area contributed by atoms with Crippen LogP contribution in [-0.2, 0) is 13.1 Å². The van der Waals surface area contributed by atoms with Crippen molar-refractivity contribution >= 4 is 11.5 Å². The molecular weight excluding hydrogens is 474 g/mol. The lowest BCUT2D eigenvalue weighted by Gasteiger charge is -2.38. The molecule has 0 bridgehead atoms. The summed E-state index contributed by atoms with van der Waals surface area (Å²) in [6.07, 6.45) is -1.84. The van der Waals surface area contributed by atoms with Crippen molar-refractivity contribution in [1.29, 1.82) is 0 Å². The number of allylic oxidation sites excluding steroid dienone is 1. The van der Waals surface area contributed by atoms with E-state index in [2.05, 4.69) is 28.0 Å². The summed E-state index contributed by atoms with van der Waals surface area (Å²) >= 11 is 0. The van der Waals surface area contributed by atoms with Crippen LogP contribution >= 0.6 is 0 Å². The Kier molecular flexibility index (Phi) is 6.99. The quantitative estimate of drug-likeness (QED) is 0.377. The fourth-order valence-corrected chi connectivity index (χ4v) is 4.37. The van der Waals surface area contributed by atoms with Crippen molar-refractivity contribution in [2.24, 2.45) is 5.73 Å². The normalized spacial score (nSPS) is 14.6. The van der Waals surface area contributed by atoms with Gasteiger partial charge in [-0.3, -0.25) is 0 Å². The van der Waals surface area contributed by atoms with Crippen molar-refractivity contribution in [3.05, 3.63) is 71.9 Å². The van der Waals surface area contributed by atoms with Gasteiger partial charge < -0.3 is 25.3 Å². The van der Waals surface area contributed by atoms with Crippen LogP contribution in [-0.4, -0.2) is 32.9 Å². The number of nitrogens with one attached hydrogen (secondary N) is 1. The predicted molar refractivity (Wildman–Crippen MR) is 131 cm³/mol. The second-order valence-corrected chi connectivity index (χ2v) is 9.23. The van der Waals surface area contributed by atoms with Gasteiger partial charge >= 0.3 is 6.36 Å². The van der Waals surface area contributed by atoms with E-state index in [4.69, 9.17) is 10.7 Å². The van der Waals surface area contributed by atoms with Gasteiger partial charge in [0.05, 0.1) is 6.54 Å². The average Bonchev–Trinajstić information content (AvgIpc) is 3.13. The van der Waals surface area contributed by atoms with Gasteiger partial charge in [0.1, 0.15) is 28.9 Å². The maximum absolute atomic E-state index is 13.6. The molecule has 36 heavy (non-hydrogen) atoms.